The van der Waals surface area contributed by atoms with Crippen molar-refractivity contribution in [3.8, 4) is 0 Å². The van der Waals surface area contributed by atoms with Gasteiger partial charge < -0.3 is 16.4 Å². The summed E-state index contributed by atoms with van der Waals surface area (Å²) in [5.41, 5.74) is 6.57. The van der Waals surface area contributed by atoms with Gasteiger partial charge in [-0.1, -0.05) is 12.1 Å². The highest BCUT2D eigenvalue weighted by Gasteiger charge is 2.12. The van der Waals surface area contributed by atoms with Gasteiger partial charge in [0.15, 0.2) is 0 Å². The summed E-state index contributed by atoms with van der Waals surface area (Å²) in [6, 6.07) is 7.00. The van der Waals surface area contributed by atoms with Gasteiger partial charge in [-0.25, -0.2) is 0 Å². The summed E-state index contributed by atoms with van der Waals surface area (Å²) in [6.45, 7) is 4.59. The molecule has 21 heavy (non-hydrogen) atoms. The van der Waals surface area contributed by atoms with Crippen LogP contribution in [-0.4, -0.2) is 49.4 Å². The lowest BCUT2D eigenvalue weighted by Crippen LogP contribution is -2.38. The molecule has 1 saturated heterocycles. The first-order chi connectivity index (χ1) is 10.1. The topological polar surface area (TPSA) is 87.5 Å². The van der Waals surface area contributed by atoms with Crippen molar-refractivity contribution < 1.29 is 9.59 Å². The van der Waals surface area contributed by atoms with Crippen LogP contribution in [0.1, 0.15) is 22.3 Å². The number of carbonyl (C=O) groups excluding carboxylic acids is 2. The lowest BCUT2D eigenvalue weighted by molar-refractivity contribution is -0.122. The Bertz CT molecular complexity index is 496. The van der Waals surface area contributed by atoms with Gasteiger partial charge in [0, 0.05) is 25.2 Å². The van der Waals surface area contributed by atoms with E-state index in [1.807, 2.05) is 6.07 Å². The molecule has 0 unspecified atom stereocenters. The van der Waals surface area contributed by atoms with Gasteiger partial charge >= 0.3 is 0 Å². The van der Waals surface area contributed by atoms with Gasteiger partial charge in [0.05, 0.1) is 6.54 Å². The molecule has 6 heteroatoms. The third-order valence-corrected chi connectivity index (χ3v) is 3.50. The summed E-state index contributed by atoms with van der Waals surface area (Å²) in [4.78, 5) is 25.2. The van der Waals surface area contributed by atoms with E-state index in [9.17, 15) is 9.59 Å². The Labute approximate surface area is 124 Å². The number of primary amides is 1. The first-order valence-corrected chi connectivity index (χ1v) is 7.23. The zero-order valence-corrected chi connectivity index (χ0v) is 12.1. The fourth-order valence-corrected chi connectivity index (χ4v) is 2.35. The number of rotatable bonds is 5. The highest BCUT2D eigenvalue weighted by atomic mass is 16.2. The van der Waals surface area contributed by atoms with E-state index in [0.717, 1.165) is 38.2 Å². The van der Waals surface area contributed by atoms with Crippen LogP contribution in [0.15, 0.2) is 24.3 Å². The molecule has 1 aromatic rings. The molecule has 0 radical (unpaired) electrons. The van der Waals surface area contributed by atoms with E-state index in [-0.39, 0.29) is 5.91 Å². The maximum absolute atomic E-state index is 12.0. The number of hydrogen-bond donors (Lipinski definition) is 3. The van der Waals surface area contributed by atoms with E-state index in [4.69, 9.17) is 5.73 Å². The van der Waals surface area contributed by atoms with Crippen LogP contribution in [0, 0.1) is 0 Å². The maximum atomic E-state index is 12.0. The van der Waals surface area contributed by atoms with Crippen molar-refractivity contribution in [2.45, 2.75) is 13.0 Å². The molecule has 1 fully saturated rings. The Kier molecular flexibility index (Phi) is 5.71. The lowest BCUT2D eigenvalue weighted by Gasteiger charge is -2.18. The molecular formula is C15H22N4O2. The fraction of sp³-hybridized carbons (Fsp3) is 0.467. The molecule has 0 aromatic heterocycles. The summed E-state index contributed by atoms with van der Waals surface area (Å²) < 4.78 is 0. The minimum Gasteiger partial charge on any atom is -0.366 e. The molecule has 0 saturated carbocycles. The third-order valence-electron chi connectivity index (χ3n) is 3.50. The quantitative estimate of drug-likeness (QED) is 0.694. The van der Waals surface area contributed by atoms with Crippen molar-refractivity contribution in [2.75, 3.05) is 32.7 Å². The summed E-state index contributed by atoms with van der Waals surface area (Å²) in [5.74, 6) is -0.457. The highest BCUT2D eigenvalue weighted by Crippen LogP contribution is 2.04. The predicted octanol–water partition coefficient (Wildman–Crippen LogP) is -0.303. The summed E-state index contributed by atoms with van der Waals surface area (Å²) in [7, 11) is 0. The minimum atomic E-state index is -0.458. The van der Waals surface area contributed by atoms with Crippen LogP contribution < -0.4 is 16.4 Å². The van der Waals surface area contributed by atoms with Crippen LogP contribution in [-0.2, 0) is 11.3 Å². The molecule has 4 N–H and O–H groups in total. The monoisotopic (exact) mass is 290 g/mol. The van der Waals surface area contributed by atoms with E-state index in [2.05, 4.69) is 15.5 Å². The van der Waals surface area contributed by atoms with Crippen LogP contribution in [0.3, 0.4) is 0 Å². The maximum Gasteiger partial charge on any atom is 0.248 e. The van der Waals surface area contributed by atoms with Gasteiger partial charge in [-0.2, -0.15) is 0 Å². The Hall–Kier alpha value is -1.92. The Morgan fingerprint density at radius 2 is 2.14 bits per heavy atom. The fourth-order valence-electron chi connectivity index (χ4n) is 2.35. The average molecular weight is 290 g/mol. The molecule has 114 valence electrons. The van der Waals surface area contributed by atoms with Crippen LogP contribution >= 0.6 is 0 Å². The van der Waals surface area contributed by atoms with E-state index in [1.165, 1.54) is 0 Å². The van der Waals surface area contributed by atoms with Gasteiger partial charge in [-0.15, -0.1) is 0 Å². The zero-order valence-electron chi connectivity index (χ0n) is 12.1. The molecule has 1 heterocycles. The van der Waals surface area contributed by atoms with Gasteiger partial charge in [-0.3, -0.25) is 14.5 Å². The van der Waals surface area contributed by atoms with Gasteiger partial charge in [-0.05, 0) is 37.2 Å². The number of nitrogens with one attached hydrogen (secondary N) is 2. The molecular weight excluding hydrogens is 268 g/mol. The molecule has 0 atom stereocenters. The molecule has 1 aliphatic heterocycles. The second-order valence-electron chi connectivity index (χ2n) is 5.22. The van der Waals surface area contributed by atoms with Crippen molar-refractivity contribution >= 4 is 11.8 Å². The molecule has 0 spiro atoms. The standard InChI is InChI=1S/C15H22N4O2/c16-15(21)13-4-1-3-12(9-13)10-18-14(20)11-19-7-2-5-17-6-8-19/h1,3-4,9,17H,2,5-8,10-11H2,(H2,16,21)(H,18,20). The average Bonchev–Trinajstić information content (AvgIpc) is 2.74. The third kappa shape index (κ3) is 5.17. The summed E-state index contributed by atoms with van der Waals surface area (Å²) in [5, 5.41) is 6.19. The first-order valence-electron chi connectivity index (χ1n) is 7.23. The van der Waals surface area contributed by atoms with Gasteiger partial charge in [0.25, 0.3) is 0 Å². The number of amides is 2. The SMILES string of the molecule is NC(=O)c1cccc(CNC(=O)CN2CCCNCC2)c1. The van der Waals surface area contributed by atoms with Crippen molar-refractivity contribution in [2.24, 2.45) is 5.73 Å². The van der Waals surface area contributed by atoms with Gasteiger partial charge in [0.2, 0.25) is 11.8 Å². The van der Waals surface area contributed by atoms with Gasteiger partial charge in [0.1, 0.15) is 0 Å². The smallest absolute Gasteiger partial charge is 0.248 e. The van der Waals surface area contributed by atoms with Crippen molar-refractivity contribution in [3.05, 3.63) is 35.4 Å². The van der Waals surface area contributed by atoms with E-state index < -0.39 is 5.91 Å². The highest BCUT2D eigenvalue weighted by molar-refractivity contribution is 5.92. The van der Waals surface area contributed by atoms with Crippen molar-refractivity contribution in [1.29, 1.82) is 0 Å². The number of nitrogens with two attached hydrogens (primary N) is 1. The number of nitrogens with zero attached hydrogens (tertiary/aromatic N) is 1. The van der Waals surface area contributed by atoms with E-state index >= 15 is 0 Å². The lowest BCUT2D eigenvalue weighted by atomic mass is 10.1. The van der Waals surface area contributed by atoms with E-state index in [0.29, 0.717) is 18.7 Å². The number of benzene rings is 1. The van der Waals surface area contributed by atoms with Crippen molar-refractivity contribution in [1.82, 2.24) is 15.5 Å². The Morgan fingerprint density at radius 3 is 2.95 bits per heavy atom. The predicted molar refractivity (Wildman–Crippen MR) is 80.7 cm³/mol. The molecule has 6 nitrogen and oxygen atoms in total. The number of carbonyl (C=O) groups is 2. The van der Waals surface area contributed by atoms with Crippen LogP contribution in [0.5, 0.6) is 0 Å². The van der Waals surface area contributed by atoms with Crippen LogP contribution in [0.4, 0.5) is 0 Å². The van der Waals surface area contributed by atoms with E-state index in [1.54, 1.807) is 18.2 Å². The molecule has 0 aliphatic carbocycles. The number of hydrogen-bond acceptors (Lipinski definition) is 4. The minimum absolute atomic E-state index is 0.00128. The zero-order chi connectivity index (χ0) is 15.1. The molecule has 1 aromatic carbocycles. The Morgan fingerprint density at radius 1 is 1.29 bits per heavy atom. The normalized spacial score (nSPS) is 16.2. The molecule has 0 bridgehead atoms. The molecule has 2 amide bonds. The second-order valence-corrected chi connectivity index (χ2v) is 5.22. The second kappa shape index (κ2) is 7.75. The van der Waals surface area contributed by atoms with Crippen molar-refractivity contribution in [3.63, 3.8) is 0 Å². The molecule has 1 aliphatic rings. The van der Waals surface area contributed by atoms with Crippen LogP contribution in [0.25, 0.3) is 0 Å². The first kappa shape index (κ1) is 15.5. The summed E-state index contributed by atoms with van der Waals surface area (Å²) >= 11 is 0. The molecule has 2 rings (SSSR count). The van der Waals surface area contributed by atoms with Crippen LogP contribution in [0.2, 0.25) is 0 Å². The largest absolute Gasteiger partial charge is 0.366 e. The summed E-state index contributed by atoms with van der Waals surface area (Å²) in [6.07, 6.45) is 1.06. The Balaban J connectivity index is 1.80.